The van der Waals surface area contributed by atoms with Gasteiger partial charge in [0.05, 0.1) is 28.3 Å². The van der Waals surface area contributed by atoms with Crippen LogP contribution in [0.3, 0.4) is 0 Å². The number of hydrogen-bond donors (Lipinski definition) is 1. The first-order chi connectivity index (χ1) is 9.95. The lowest BCUT2D eigenvalue weighted by Gasteiger charge is -2.42. The fourth-order valence-corrected chi connectivity index (χ4v) is 3.25. The Hall–Kier alpha value is -0.670. The minimum absolute atomic E-state index is 0.0194. The van der Waals surface area contributed by atoms with Crippen molar-refractivity contribution in [2.45, 2.75) is 50.6 Å². The molecule has 1 unspecified atom stereocenters. The summed E-state index contributed by atoms with van der Waals surface area (Å²) in [4.78, 5) is 12.1. The average molecular weight is 345 g/mol. The third-order valence-corrected chi connectivity index (χ3v) is 5.20. The standard InChI is InChI=1S/C13H22F3NO4S/c1-11(2,3)22(19)17-9(13(14,15)16)12(10(18)20-4)5-7-21-8-6-12/h9,17H,5-8H2,1-4H3/t9-,22?/m0/s1. The number of ether oxygens (including phenoxy) is 2. The van der Waals surface area contributed by atoms with Crippen LogP contribution in [-0.4, -0.2) is 47.5 Å². The molecule has 22 heavy (non-hydrogen) atoms. The molecule has 0 amide bonds. The van der Waals surface area contributed by atoms with Crippen molar-refractivity contribution in [1.82, 2.24) is 4.72 Å². The Labute approximate surface area is 130 Å². The number of carbonyl (C=O) groups excluding carboxylic acids is 1. The highest BCUT2D eigenvalue weighted by atomic mass is 32.2. The Morgan fingerprint density at radius 1 is 1.27 bits per heavy atom. The number of halogens is 3. The van der Waals surface area contributed by atoms with Gasteiger partial charge < -0.3 is 9.47 Å². The minimum atomic E-state index is -4.74. The number of carbonyl (C=O) groups is 1. The highest BCUT2D eigenvalue weighted by Crippen LogP contribution is 2.43. The van der Waals surface area contributed by atoms with E-state index in [1.165, 1.54) is 0 Å². The maximum atomic E-state index is 13.5. The van der Waals surface area contributed by atoms with E-state index in [4.69, 9.17) is 4.74 Å². The molecule has 9 heteroatoms. The first-order valence-corrected chi connectivity index (χ1v) is 8.01. The SMILES string of the molecule is COC(=O)C1([C@H](NS(=O)C(C)(C)C)C(F)(F)F)CCOCC1. The molecule has 2 atom stereocenters. The Balaban J connectivity index is 3.22. The third-order valence-electron chi connectivity index (χ3n) is 3.64. The summed E-state index contributed by atoms with van der Waals surface area (Å²) in [5, 5.41) is 0. The van der Waals surface area contributed by atoms with E-state index in [-0.39, 0.29) is 26.1 Å². The van der Waals surface area contributed by atoms with Crippen molar-refractivity contribution in [3.63, 3.8) is 0 Å². The van der Waals surface area contributed by atoms with Gasteiger partial charge in [-0.2, -0.15) is 13.2 Å². The second-order valence-corrected chi connectivity index (χ2v) is 8.23. The maximum absolute atomic E-state index is 13.5. The molecule has 0 saturated carbocycles. The molecule has 0 bridgehead atoms. The highest BCUT2D eigenvalue weighted by molar-refractivity contribution is 7.84. The molecule has 0 aromatic heterocycles. The van der Waals surface area contributed by atoms with Crippen LogP contribution in [0.5, 0.6) is 0 Å². The smallest absolute Gasteiger partial charge is 0.405 e. The van der Waals surface area contributed by atoms with Gasteiger partial charge in [0.15, 0.2) is 0 Å². The molecule has 1 rings (SSSR count). The third kappa shape index (κ3) is 4.20. The second-order valence-electron chi connectivity index (χ2n) is 6.23. The van der Waals surface area contributed by atoms with Crippen molar-refractivity contribution in [3.8, 4) is 0 Å². The summed E-state index contributed by atoms with van der Waals surface area (Å²) in [6, 6.07) is -2.25. The van der Waals surface area contributed by atoms with Crippen molar-refractivity contribution >= 4 is 17.0 Å². The Bertz CT molecular complexity index is 428. The molecule has 0 aromatic carbocycles. The molecule has 1 saturated heterocycles. The van der Waals surface area contributed by atoms with Gasteiger partial charge in [0.1, 0.15) is 6.04 Å². The summed E-state index contributed by atoms with van der Waals surface area (Å²) in [6.45, 7) is 4.70. The molecular weight excluding hydrogens is 323 g/mol. The van der Waals surface area contributed by atoms with Crippen molar-refractivity contribution in [3.05, 3.63) is 0 Å². The molecule has 1 aliphatic heterocycles. The quantitative estimate of drug-likeness (QED) is 0.791. The summed E-state index contributed by atoms with van der Waals surface area (Å²) in [5.41, 5.74) is -1.83. The van der Waals surface area contributed by atoms with E-state index >= 15 is 0 Å². The fourth-order valence-electron chi connectivity index (χ4n) is 2.33. The van der Waals surface area contributed by atoms with Gasteiger partial charge in [-0.05, 0) is 33.6 Å². The van der Waals surface area contributed by atoms with Crippen LogP contribution in [0, 0.1) is 5.41 Å². The van der Waals surface area contributed by atoms with E-state index in [1.807, 2.05) is 0 Å². The molecule has 1 heterocycles. The van der Waals surface area contributed by atoms with Gasteiger partial charge in [0.2, 0.25) is 0 Å². The molecule has 5 nitrogen and oxygen atoms in total. The molecule has 1 N–H and O–H groups in total. The lowest BCUT2D eigenvalue weighted by atomic mass is 9.73. The van der Waals surface area contributed by atoms with Crippen LogP contribution in [0.2, 0.25) is 0 Å². The van der Waals surface area contributed by atoms with Gasteiger partial charge in [-0.3, -0.25) is 4.79 Å². The van der Waals surface area contributed by atoms with E-state index < -0.39 is 39.3 Å². The molecule has 1 aliphatic rings. The summed E-state index contributed by atoms with van der Waals surface area (Å²) >= 11 is 0. The molecule has 0 aliphatic carbocycles. The number of alkyl halides is 3. The normalized spacial score (nSPS) is 22.0. The van der Waals surface area contributed by atoms with E-state index in [1.54, 1.807) is 20.8 Å². The second kappa shape index (κ2) is 6.84. The first-order valence-electron chi connectivity index (χ1n) is 6.86. The summed E-state index contributed by atoms with van der Waals surface area (Å²) in [5.74, 6) is -0.962. The number of esters is 1. The Kier molecular flexibility index (Phi) is 6.02. The molecule has 0 spiro atoms. The number of hydrogen-bond acceptors (Lipinski definition) is 4. The van der Waals surface area contributed by atoms with E-state index in [0.29, 0.717) is 0 Å². The van der Waals surface area contributed by atoms with Gasteiger partial charge in [-0.25, -0.2) is 8.93 Å². The van der Waals surface area contributed by atoms with Gasteiger partial charge in [-0.15, -0.1) is 0 Å². The fraction of sp³-hybridized carbons (Fsp3) is 0.923. The van der Waals surface area contributed by atoms with Gasteiger partial charge in [-0.1, -0.05) is 0 Å². The van der Waals surface area contributed by atoms with Crippen LogP contribution >= 0.6 is 0 Å². The maximum Gasteiger partial charge on any atom is 0.405 e. The number of rotatable bonds is 4. The highest BCUT2D eigenvalue weighted by Gasteiger charge is 2.59. The molecule has 1 fully saturated rings. The van der Waals surface area contributed by atoms with Crippen LogP contribution in [0.15, 0.2) is 0 Å². The van der Waals surface area contributed by atoms with Gasteiger partial charge in [0, 0.05) is 13.2 Å². The van der Waals surface area contributed by atoms with Gasteiger partial charge in [0.25, 0.3) is 0 Å². The minimum Gasteiger partial charge on any atom is -0.469 e. The summed E-state index contributed by atoms with van der Waals surface area (Å²) in [7, 11) is -0.929. The van der Waals surface area contributed by atoms with Crippen molar-refractivity contribution in [1.29, 1.82) is 0 Å². The van der Waals surface area contributed by atoms with E-state index in [0.717, 1.165) is 7.11 Å². The topological polar surface area (TPSA) is 64.6 Å². The molecule has 0 radical (unpaired) electrons. The monoisotopic (exact) mass is 345 g/mol. The van der Waals surface area contributed by atoms with Crippen molar-refractivity contribution in [2.75, 3.05) is 20.3 Å². The molecule has 0 aromatic rings. The number of methoxy groups -OCH3 is 1. The predicted octanol–water partition coefficient (Wildman–Crippen LogP) is 1.94. The zero-order valence-corrected chi connectivity index (χ0v) is 13.9. The summed E-state index contributed by atoms with van der Waals surface area (Å²) < 4.78 is 63.7. The zero-order chi connectivity index (χ0) is 17.2. The Morgan fingerprint density at radius 3 is 2.14 bits per heavy atom. The predicted molar refractivity (Wildman–Crippen MR) is 75.4 cm³/mol. The van der Waals surface area contributed by atoms with Gasteiger partial charge >= 0.3 is 12.1 Å². The lowest BCUT2D eigenvalue weighted by Crippen LogP contribution is -2.61. The molecule has 130 valence electrons. The Morgan fingerprint density at radius 2 is 1.77 bits per heavy atom. The van der Waals surface area contributed by atoms with Crippen LogP contribution in [0.1, 0.15) is 33.6 Å². The first kappa shape index (κ1) is 19.4. The van der Waals surface area contributed by atoms with E-state index in [2.05, 4.69) is 9.46 Å². The van der Waals surface area contributed by atoms with Crippen LogP contribution in [0.25, 0.3) is 0 Å². The van der Waals surface area contributed by atoms with Crippen molar-refractivity contribution in [2.24, 2.45) is 5.41 Å². The number of nitrogens with one attached hydrogen (secondary N) is 1. The van der Waals surface area contributed by atoms with Crippen molar-refractivity contribution < 1.29 is 31.6 Å². The largest absolute Gasteiger partial charge is 0.469 e. The summed E-state index contributed by atoms with van der Waals surface area (Å²) in [6.07, 6.45) is -5.02. The van der Waals surface area contributed by atoms with Crippen LogP contribution < -0.4 is 4.72 Å². The van der Waals surface area contributed by atoms with Crippen LogP contribution in [0.4, 0.5) is 13.2 Å². The average Bonchev–Trinajstić information content (AvgIpc) is 2.41. The van der Waals surface area contributed by atoms with E-state index in [9.17, 15) is 22.2 Å². The molecular formula is C13H22F3NO4S. The zero-order valence-electron chi connectivity index (χ0n) is 13.1. The lowest BCUT2D eigenvalue weighted by molar-refractivity contribution is -0.204. The van der Waals surface area contributed by atoms with Crippen LogP contribution in [-0.2, 0) is 25.3 Å².